The zero-order valence-corrected chi connectivity index (χ0v) is 18.5. The number of hydrogen-bond donors (Lipinski definition) is 3. The molecule has 0 saturated heterocycles. The van der Waals surface area contributed by atoms with Crippen LogP contribution in [-0.4, -0.2) is 43.5 Å². The van der Waals surface area contributed by atoms with E-state index >= 15 is 0 Å². The first-order valence-electron chi connectivity index (χ1n) is 10.7. The third-order valence-electron chi connectivity index (χ3n) is 5.08. The van der Waals surface area contributed by atoms with Crippen LogP contribution in [0.2, 0.25) is 0 Å². The Kier molecular flexibility index (Phi) is 8.03. The summed E-state index contributed by atoms with van der Waals surface area (Å²) in [5.41, 5.74) is 3.54. The van der Waals surface area contributed by atoms with Crippen LogP contribution in [0.3, 0.4) is 0 Å². The molecule has 2 unspecified atom stereocenters. The van der Waals surface area contributed by atoms with E-state index in [-0.39, 0.29) is 18.2 Å². The van der Waals surface area contributed by atoms with E-state index in [2.05, 4.69) is 0 Å². The van der Waals surface area contributed by atoms with Gasteiger partial charge in [-0.05, 0) is 30.2 Å². The minimum atomic E-state index is -1.17. The number of aliphatic hydroxyl groups is 2. The highest BCUT2D eigenvalue weighted by Crippen LogP contribution is 2.32. The fourth-order valence-electron chi connectivity index (χ4n) is 3.48. The van der Waals surface area contributed by atoms with Crippen LogP contribution in [0.5, 0.6) is 0 Å². The summed E-state index contributed by atoms with van der Waals surface area (Å²) in [6.45, 7) is 3.99. The van der Waals surface area contributed by atoms with Gasteiger partial charge in [0.2, 0.25) is 0 Å². The molecule has 0 aliphatic carbocycles. The van der Waals surface area contributed by atoms with E-state index in [1.54, 1.807) is 18.2 Å². The minimum Gasteiger partial charge on any atom is -0.481 e. The van der Waals surface area contributed by atoms with Crippen LogP contribution < -0.4 is 0 Å². The molecule has 3 N–H and O–H groups in total. The summed E-state index contributed by atoms with van der Waals surface area (Å²) >= 11 is 0. The van der Waals surface area contributed by atoms with Gasteiger partial charge in [0.25, 0.3) is 0 Å². The average Bonchev–Trinajstić information content (AvgIpc) is 2.77. The Morgan fingerprint density at radius 2 is 1.67 bits per heavy atom. The molecule has 172 valence electrons. The second kappa shape index (κ2) is 10.9. The summed E-state index contributed by atoms with van der Waals surface area (Å²) < 4.78 is 13.6. The van der Waals surface area contributed by atoms with Crippen LogP contribution >= 0.6 is 0 Å². The number of benzene rings is 2. The maximum Gasteiger partial charge on any atom is 0.305 e. The largest absolute Gasteiger partial charge is 0.481 e. The van der Waals surface area contributed by atoms with Gasteiger partial charge in [0, 0.05) is 23.1 Å². The molecule has 0 saturated carbocycles. The summed E-state index contributed by atoms with van der Waals surface area (Å²) in [5.74, 6) is -0.943. The SMILES string of the molecule is CC(C)c1nc(-c2ccccc2)nc(-c2ccc(F)cc2)c1C=CC(O)CC(O)CC(=O)O. The normalized spacial score (nSPS) is 13.4. The Labute approximate surface area is 192 Å². The van der Waals surface area contributed by atoms with Gasteiger partial charge in [-0.15, -0.1) is 0 Å². The fraction of sp³-hybridized carbons (Fsp3) is 0.269. The first kappa shape index (κ1) is 24.2. The summed E-state index contributed by atoms with van der Waals surface area (Å²) in [4.78, 5) is 20.3. The van der Waals surface area contributed by atoms with Gasteiger partial charge in [-0.2, -0.15) is 0 Å². The fourth-order valence-corrected chi connectivity index (χ4v) is 3.48. The lowest BCUT2D eigenvalue weighted by Gasteiger charge is -2.17. The number of aliphatic hydroxyl groups excluding tert-OH is 2. The number of aliphatic carboxylic acids is 1. The lowest BCUT2D eigenvalue weighted by atomic mass is 9.96. The molecule has 0 spiro atoms. The molecule has 1 aromatic heterocycles. The van der Waals surface area contributed by atoms with Crippen molar-refractivity contribution in [3.05, 3.63) is 77.7 Å². The van der Waals surface area contributed by atoms with Crippen LogP contribution in [0.4, 0.5) is 4.39 Å². The van der Waals surface area contributed by atoms with Gasteiger partial charge in [-0.1, -0.05) is 56.3 Å². The van der Waals surface area contributed by atoms with Crippen LogP contribution in [-0.2, 0) is 4.79 Å². The molecule has 3 rings (SSSR count). The molecule has 2 atom stereocenters. The molecule has 0 fully saturated rings. The highest BCUT2D eigenvalue weighted by atomic mass is 19.1. The van der Waals surface area contributed by atoms with Gasteiger partial charge in [-0.3, -0.25) is 4.79 Å². The number of rotatable bonds is 9. The predicted octanol–water partition coefficient (Wildman–Crippen LogP) is 4.67. The molecule has 0 amide bonds. The van der Waals surface area contributed by atoms with Crippen LogP contribution in [0.1, 0.15) is 43.9 Å². The standard InChI is InChI=1S/C26H27FN2O4/c1-16(2)24-22(13-12-20(30)14-21(31)15-23(32)33)25(17-8-10-19(27)11-9-17)29-26(28-24)18-6-4-3-5-7-18/h3-13,16,20-21,30-31H,14-15H2,1-2H3,(H,32,33). The molecule has 0 aliphatic rings. The molecule has 0 bridgehead atoms. The molecular formula is C26H27FN2O4. The van der Waals surface area contributed by atoms with Crippen molar-refractivity contribution < 1.29 is 24.5 Å². The van der Waals surface area contributed by atoms with Gasteiger partial charge in [0.15, 0.2) is 5.82 Å². The van der Waals surface area contributed by atoms with Gasteiger partial charge in [0.1, 0.15) is 5.82 Å². The van der Waals surface area contributed by atoms with Crippen LogP contribution in [0.15, 0.2) is 60.7 Å². The molecular weight excluding hydrogens is 423 g/mol. The minimum absolute atomic E-state index is 0.0176. The predicted molar refractivity (Wildman–Crippen MR) is 125 cm³/mol. The zero-order valence-electron chi connectivity index (χ0n) is 18.5. The topological polar surface area (TPSA) is 104 Å². The summed E-state index contributed by atoms with van der Waals surface area (Å²) in [6, 6.07) is 15.5. The highest BCUT2D eigenvalue weighted by molar-refractivity contribution is 5.76. The number of hydrogen-bond acceptors (Lipinski definition) is 5. The maximum absolute atomic E-state index is 13.6. The van der Waals surface area contributed by atoms with E-state index in [1.807, 2.05) is 44.2 Å². The maximum atomic E-state index is 13.6. The van der Waals surface area contributed by atoms with Crippen LogP contribution in [0, 0.1) is 5.82 Å². The van der Waals surface area contributed by atoms with E-state index in [0.717, 1.165) is 11.3 Å². The number of halogens is 1. The molecule has 2 aromatic carbocycles. The lowest BCUT2D eigenvalue weighted by Crippen LogP contribution is -2.19. The van der Waals surface area contributed by atoms with Gasteiger partial charge < -0.3 is 15.3 Å². The molecule has 1 heterocycles. The second-order valence-corrected chi connectivity index (χ2v) is 8.14. The number of carboxylic acids is 1. The third kappa shape index (κ3) is 6.54. The monoisotopic (exact) mass is 450 g/mol. The quantitative estimate of drug-likeness (QED) is 0.438. The third-order valence-corrected chi connectivity index (χ3v) is 5.08. The first-order valence-corrected chi connectivity index (χ1v) is 10.7. The van der Waals surface area contributed by atoms with Gasteiger partial charge in [0.05, 0.1) is 30.0 Å². The van der Waals surface area contributed by atoms with Crippen molar-refractivity contribution in [2.45, 2.75) is 44.8 Å². The summed E-state index contributed by atoms with van der Waals surface area (Å²) in [7, 11) is 0. The van der Waals surface area contributed by atoms with E-state index in [4.69, 9.17) is 15.1 Å². The number of carbonyl (C=O) groups is 1. The Morgan fingerprint density at radius 1 is 1.00 bits per heavy atom. The Morgan fingerprint density at radius 3 is 2.27 bits per heavy atom. The molecule has 3 aromatic rings. The van der Waals surface area contributed by atoms with E-state index in [0.29, 0.717) is 22.6 Å². The molecule has 7 heteroatoms. The second-order valence-electron chi connectivity index (χ2n) is 8.14. The Balaban J connectivity index is 2.08. The lowest BCUT2D eigenvalue weighted by molar-refractivity contribution is -0.139. The van der Waals surface area contributed by atoms with Crippen molar-refractivity contribution >= 4 is 12.0 Å². The number of aromatic nitrogens is 2. The van der Waals surface area contributed by atoms with E-state index in [1.165, 1.54) is 18.2 Å². The smallest absolute Gasteiger partial charge is 0.305 e. The van der Waals surface area contributed by atoms with E-state index < -0.39 is 24.6 Å². The van der Waals surface area contributed by atoms with Crippen molar-refractivity contribution in [1.82, 2.24) is 9.97 Å². The summed E-state index contributed by atoms with van der Waals surface area (Å²) in [5, 5.41) is 28.9. The zero-order chi connectivity index (χ0) is 24.0. The number of nitrogens with zero attached hydrogens (tertiary/aromatic N) is 2. The highest BCUT2D eigenvalue weighted by Gasteiger charge is 2.19. The van der Waals surface area contributed by atoms with Gasteiger partial charge in [-0.25, -0.2) is 14.4 Å². The molecule has 6 nitrogen and oxygen atoms in total. The van der Waals surface area contributed by atoms with Gasteiger partial charge >= 0.3 is 5.97 Å². The van der Waals surface area contributed by atoms with Crippen molar-refractivity contribution in [3.8, 4) is 22.6 Å². The van der Waals surface area contributed by atoms with E-state index in [9.17, 15) is 19.4 Å². The molecule has 33 heavy (non-hydrogen) atoms. The summed E-state index contributed by atoms with van der Waals surface area (Å²) in [6.07, 6.45) is 0.382. The van der Waals surface area contributed by atoms with Crippen molar-refractivity contribution in [2.24, 2.45) is 0 Å². The van der Waals surface area contributed by atoms with Crippen molar-refractivity contribution in [2.75, 3.05) is 0 Å². The van der Waals surface area contributed by atoms with Crippen LogP contribution in [0.25, 0.3) is 28.7 Å². The van der Waals surface area contributed by atoms with Crippen molar-refractivity contribution in [1.29, 1.82) is 0 Å². The number of carboxylic acid groups (broad SMARTS) is 1. The average molecular weight is 451 g/mol. The first-order chi connectivity index (χ1) is 15.7. The molecule has 0 aliphatic heterocycles. The Hall–Kier alpha value is -3.42. The Bertz CT molecular complexity index is 1120. The molecule has 0 radical (unpaired) electrons. The van der Waals surface area contributed by atoms with Crippen molar-refractivity contribution in [3.63, 3.8) is 0 Å².